The fourth-order valence-electron chi connectivity index (χ4n) is 5.38. The molecule has 0 N–H and O–H groups in total. The highest BCUT2D eigenvalue weighted by atomic mass is 15.2. The largest absolute Gasteiger partial charge is 0.373 e. The highest BCUT2D eigenvalue weighted by Gasteiger charge is 2.33. The van der Waals surface area contributed by atoms with Crippen LogP contribution in [0, 0.1) is 11.8 Å². The lowest BCUT2D eigenvalue weighted by atomic mass is 9.82. The molecule has 0 aromatic carbocycles. The van der Waals surface area contributed by atoms with Gasteiger partial charge in [0, 0.05) is 49.4 Å². The van der Waals surface area contributed by atoms with Crippen LogP contribution in [0.3, 0.4) is 0 Å². The molecule has 0 radical (unpaired) electrons. The van der Waals surface area contributed by atoms with Gasteiger partial charge in [0.05, 0.1) is 17.1 Å². The lowest BCUT2D eigenvalue weighted by Crippen LogP contribution is -2.33. The zero-order chi connectivity index (χ0) is 19.1. The van der Waals surface area contributed by atoms with Crippen LogP contribution < -0.4 is 0 Å². The van der Waals surface area contributed by atoms with E-state index in [4.69, 9.17) is 4.99 Å². The first kappa shape index (κ1) is 17.6. The van der Waals surface area contributed by atoms with Crippen molar-refractivity contribution in [2.24, 2.45) is 16.8 Å². The van der Waals surface area contributed by atoms with E-state index >= 15 is 0 Å². The van der Waals surface area contributed by atoms with Crippen molar-refractivity contribution >= 4 is 5.71 Å². The number of allylic oxidation sites excluding steroid dienone is 1. The van der Waals surface area contributed by atoms with Gasteiger partial charge in [-0.3, -0.25) is 15.0 Å². The summed E-state index contributed by atoms with van der Waals surface area (Å²) in [6.07, 6.45) is 13.4. The van der Waals surface area contributed by atoms with Gasteiger partial charge < -0.3 is 4.90 Å². The molecule has 28 heavy (non-hydrogen) atoms. The molecule has 2 aromatic heterocycles. The first-order valence-corrected chi connectivity index (χ1v) is 10.6. The average Bonchev–Trinajstić information content (AvgIpc) is 2.80. The van der Waals surface area contributed by atoms with Gasteiger partial charge in [-0.25, -0.2) is 0 Å². The van der Waals surface area contributed by atoms with E-state index in [1.165, 1.54) is 43.4 Å². The fourth-order valence-corrected chi connectivity index (χ4v) is 5.38. The molecular weight excluding hydrogens is 344 g/mol. The van der Waals surface area contributed by atoms with E-state index < -0.39 is 0 Å². The van der Waals surface area contributed by atoms with E-state index in [0.717, 1.165) is 35.0 Å². The summed E-state index contributed by atoms with van der Waals surface area (Å²) in [5.74, 6) is 1.45. The second-order valence-corrected chi connectivity index (χ2v) is 8.65. The molecule has 0 spiro atoms. The molecule has 1 saturated carbocycles. The zero-order valence-electron chi connectivity index (χ0n) is 16.8. The van der Waals surface area contributed by atoms with Crippen LogP contribution in [0.15, 0.2) is 53.5 Å². The Morgan fingerprint density at radius 2 is 1.89 bits per heavy atom. The van der Waals surface area contributed by atoms with Crippen molar-refractivity contribution in [3.63, 3.8) is 0 Å². The van der Waals surface area contributed by atoms with E-state index in [9.17, 15) is 0 Å². The monoisotopic (exact) mass is 372 g/mol. The van der Waals surface area contributed by atoms with E-state index in [1.807, 2.05) is 24.5 Å². The van der Waals surface area contributed by atoms with Crippen molar-refractivity contribution < 1.29 is 0 Å². The molecule has 1 aliphatic heterocycles. The number of rotatable bonds is 1. The van der Waals surface area contributed by atoms with E-state index in [0.29, 0.717) is 12.0 Å². The third-order valence-corrected chi connectivity index (χ3v) is 6.85. The maximum atomic E-state index is 5.05. The van der Waals surface area contributed by atoms with Crippen molar-refractivity contribution in [3.05, 3.63) is 59.7 Å². The van der Waals surface area contributed by atoms with Gasteiger partial charge in [0.25, 0.3) is 0 Å². The number of aromatic nitrogens is 2. The minimum absolute atomic E-state index is 0.563. The van der Waals surface area contributed by atoms with E-state index in [1.54, 1.807) is 0 Å². The molecule has 144 valence electrons. The molecule has 4 heteroatoms. The van der Waals surface area contributed by atoms with Crippen LogP contribution in [-0.4, -0.2) is 33.7 Å². The van der Waals surface area contributed by atoms with Gasteiger partial charge in [-0.15, -0.1) is 0 Å². The second-order valence-electron chi connectivity index (χ2n) is 8.65. The molecule has 4 nitrogen and oxygen atoms in total. The quantitative estimate of drug-likeness (QED) is 0.718. The molecule has 2 aromatic rings. The summed E-state index contributed by atoms with van der Waals surface area (Å²) in [7, 11) is 2.27. The number of nitrogens with zero attached hydrogens (tertiary/aromatic N) is 4. The second kappa shape index (κ2) is 7.16. The number of pyridine rings is 2. The Hall–Kier alpha value is -2.49. The van der Waals surface area contributed by atoms with Gasteiger partial charge >= 0.3 is 0 Å². The van der Waals surface area contributed by atoms with Crippen LogP contribution in [0.1, 0.15) is 50.2 Å². The Morgan fingerprint density at radius 1 is 1.07 bits per heavy atom. The Kier molecular flexibility index (Phi) is 4.50. The molecule has 2 bridgehead atoms. The van der Waals surface area contributed by atoms with Gasteiger partial charge in [-0.1, -0.05) is 25.8 Å². The highest BCUT2D eigenvalue weighted by Crippen LogP contribution is 2.39. The average molecular weight is 373 g/mol. The number of hydrogen-bond acceptors (Lipinski definition) is 4. The summed E-state index contributed by atoms with van der Waals surface area (Å²) in [4.78, 5) is 16.8. The number of hydrogen-bond donors (Lipinski definition) is 0. The Labute approximate surface area is 167 Å². The summed E-state index contributed by atoms with van der Waals surface area (Å²) >= 11 is 0. The molecule has 2 aliphatic carbocycles. The molecule has 0 amide bonds. The topological polar surface area (TPSA) is 41.4 Å². The molecule has 3 atom stereocenters. The predicted octanol–water partition coefficient (Wildman–Crippen LogP) is 4.86. The maximum Gasteiger partial charge on any atom is 0.0979 e. The molecule has 1 saturated heterocycles. The van der Waals surface area contributed by atoms with Crippen LogP contribution in [0.5, 0.6) is 0 Å². The molecule has 3 unspecified atom stereocenters. The lowest BCUT2D eigenvalue weighted by molar-refractivity contribution is 0.212. The van der Waals surface area contributed by atoms with Crippen molar-refractivity contribution in [3.8, 4) is 11.4 Å². The standard InChI is InChI=1S/C24H28N4/c1-16-12-17-6-3-8-19(13-17)28(2)22(16)15-27-21-14-18-7-4-10-25-23(18)24-20(21)9-5-11-26-24/h4-5,7,9-11,15-17,19H,3,6,8,12-14H2,1-2H3/b22-15+,27-21+. The van der Waals surface area contributed by atoms with Crippen LogP contribution in [-0.2, 0) is 6.42 Å². The fraction of sp³-hybridized carbons (Fsp3) is 0.458. The first-order valence-electron chi connectivity index (χ1n) is 10.6. The number of aliphatic imine (C=N–C) groups is 1. The van der Waals surface area contributed by atoms with Gasteiger partial charge in [0.15, 0.2) is 0 Å². The third kappa shape index (κ3) is 3.05. The summed E-state index contributed by atoms with van der Waals surface area (Å²) < 4.78 is 0. The Bertz CT molecular complexity index is 945. The van der Waals surface area contributed by atoms with E-state index in [-0.39, 0.29) is 0 Å². The minimum atomic E-state index is 0.563. The smallest absolute Gasteiger partial charge is 0.0979 e. The van der Waals surface area contributed by atoms with Gasteiger partial charge in [0.2, 0.25) is 0 Å². The zero-order valence-corrected chi connectivity index (χ0v) is 16.8. The van der Waals surface area contributed by atoms with Gasteiger partial charge in [0.1, 0.15) is 0 Å². The molecule has 2 fully saturated rings. The van der Waals surface area contributed by atoms with Gasteiger partial charge in [-0.05, 0) is 54.9 Å². The molecule has 3 aliphatic rings. The molecule has 3 heterocycles. The summed E-state index contributed by atoms with van der Waals surface area (Å²) in [5.41, 5.74) is 6.78. The first-order chi connectivity index (χ1) is 13.7. The SMILES string of the molecule is CC1CC2CCCC(C2)N(C)/C1=C/N=C1\Cc2cccnc2-c2ncccc21. The normalized spacial score (nSPS) is 29.4. The van der Waals surface area contributed by atoms with Crippen LogP contribution in [0.4, 0.5) is 0 Å². The van der Waals surface area contributed by atoms with Crippen molar-refractivity contribution in [1.29, 1.82) is 0 Å². The van der Waals surface area contributed by atoms with Crippen molar-refractivity contribution in [2.45, 2.75) is 51.5 Å². The van der Waals surface area contributed by atoms with Crippen LogP contribution in [0.25, 0.3) is 11.4 Å². The van der Waals surface area contributed by atoms with Crippen LogP contribution >= 0.6 is 0 Å². The number of fused-ring (bicyclic) bond motifs is 5. The van der Waals surface area contributed by atoms with Crippen molar-refractivity contribution in [2.75, 3.05) is 7.05 Å². The molecular formula is C24H28N4. The third-order valence-electron chi connectivity index (χ3n) is 6.85. The lowest BCUT2D eigenvalue weighted by Gasteiger charge is -2.34. The Morgan fingerprint density at radius 3 is 2.79 bits per heavy atom. The molecule has 5 rings (SSSR count). The van der Waals surface area contributed by atoms with Gasteiger partial charge in [-0.2, -0.15) is 0 Å². The maximum absolute atomic E-state index is 5.05. The number of likely N-dealkylation sites (tertiary alicyclic amines) is 1. The Balaban J connectivity index is 1.54. The summed E-state index contributed by atoms with van der Waals surface area (Å²) in [6.45, 7) is 2.37. The summed E-state index contributed by atoms with van der Waals surface area (Å²) in [5, 5.41) is 0. The van der Waals surface area contributed by atoms with Crippen molar-refractivity contribution in [1.82, 2.24) is 14.9 Å². The summed E-state index contributed by atoms with van der Waals surface area (Å²) in [6, 6.07) is 8.96. The highest BCUT2D eigenvalue weighted by molar-refractivity contribution is 6.09. The minimum Gasteiger partial charge on any atom is -0.373 e. The van der Waals surface area contributed by atoms with Crippen LogP contribution in [0.2, 0.25) is 0 Å². The van der Waals surface area contributed by atoms with E-state index in [2.05, 4.69) is 47.2 Å². The predicted molar refractivity (Wildman–Crippen MR) is 113 cm³/mol.